The standard InChI is InChI=1S/C7H6F6O2/c1-3(5(14)15)4(7(11,12)13)2-6(8,9)10/h2H2,1H3,(H,14,15). The highest BCUT2D eigenvalue weighted by Crippen LogP contribution is 2.36. The Labute approximate surface area is 80.2 Å². The second kappa shape index (κ2) is 4.11. The number of rotatable bonds is 2. The third kappa shape index (κ3) is 4.71. The van der Waals surface area contributed by atoms with Gasteiger partial charge in [0.05, 0.1) is 12.0 Å². The van der Waals surface area contributed by atoms with Gasteiger partial charge in [-0.25, -0.2) is 4.79 Å². The van der Waals surface area contributed by atoms with Gasteiger partial charge in [0.15, 0.2) is 0 Å². The lowest BCUT2D eigenvalue weighted by Crippen LogP contribution is -2.22. The smallest absolute Gasteiger partial charge is 0.413 e. The first-order valence-corrected chi connectivity index (χ1v) is 3.52. The van der Waals surface area contributed by atoms with Crippen molar-refractivity contribution in [3.05, 3.63) is 11.1 Å². The molecule has 8 heteroatoms. The van der Waals surface area contributed by atoms with E-state index in [0.717, 1.165) is 0 Å². The number of hydrogen-bond donors (Lipinski definition) is 1. The van der Waals surface area contributed by atoms with Crippen LogP contribution >= 0.6 is 0 Å². The molecule has 0 spiro atoms. The lowest BCUT2D eigenvalue weighted by Gasteiger charge is -2.15. The molecule has 0 aromatic carbocycles. The van der Waals surface area contributed by atoms with Crippen molar-refractivity contribution in [2.75, 3.05) is 0 Å². The molecule has 0 saturated carbocycles. The van der Waals surface area contributed by atoms with Crippen LogP contribution in [0.1, 0.15) is 13.3 Å². The molecule has 0 amide bonds. The van der Waals surface area contributed by atoms with Gasteiger partial charge in [-0.15, -0.1) is 0 Å². The molecule has 0 aromatic rings. The van der Waals surface area contributed by atoms with Crippen LogP contribution in [-0.2, 0) is 4.79 Å². The summed E-state index contributed by atoms with van der Waals surface area (Å²) < 4.78 is 71.3. The number of carboxylic acids is 1. The first kappa shape index (κ1) is 13.8. The maximum atomic E-state index is 12.0. The predicted molar refractivity (Wildman–Crippen MR) is 37.1 cm³/mol. The highest BCUT2D eigenvalue weighted by Gasteiger charge is 2.43. The summed E-state index contributed by atoms with van der Waals surface area (Å²) in [7, 11) is 0. The Hall–Kier alpha value is -1.21. The fourth-order valence-corrected chi connectivity index (χ4v) is 0.775. The first-order chi connectivity index (χ1) is 6.45. The molecule has 0 atom stereocenters. The van der Waals surface area contributed by atoms with Crippen molar-refractivity contribution in [2.45, 2.75) is 25.7 Å². The van der Waals surface area contributed by atoms with E-state index in [1.807, 2.05) is 0 Å². The van der Waals surface area contributed by atoms with E-state index >= 15 is 0 Å². The number of carbonyl (C=O) groups is 1. The van der Waals surface area contributed by atoms with E-state index in [1.165, 1.54) is 0 Å². The van der Waals surface area contributed by atoms with Crippen molar-refractivity contribution >= 4 is 5.97 Å². The molecule has 0 bridgehead atoms. The molecule has 0 aliphatic carbocycles. The highest BCUT2D eigenvalue weighted by molar-refractivity contribution is 5.87. The van der Waals surface area contributed by atoms with Gasteiger partial charge in [-0.3, -0.25) is 0 Å². The molecule has 1 N–H and O–H groups in total. The summed E-state index contributed by atoms with van der Waals surface area (Å²) in [6, 6.07) is 0. The van der Waals surface area contributed by atoms with Crippen LogP contribution in [0.25, 0.3) is 0 Å². The van der Waals surface area contributed by atoms with Gasteiger partial charge in [0, 0.05) is 5.57 Å². The summed E-state index contributed by atoms with van der Waals surface area (Å²) in [5.74, 6) is -2.02. The van der Waals surface area contributed by atoms with Gasteiger partial charge in [-0.1, -0.05) is 0 Å². The van der Waals surface area contributed by atoms with Crippen molar-refractivity contribution in [1.29, 1.82) is 0 Å². The molecule has 0 aliphatic rings. The Morgan fingerprint density at radius 2 is 1.53 bits per heavy atom. The van der Waals surface area contributed by atoms with Crippen LogP contribution < -0.4 is 0 Å². The average Bonchev–Trinajstić information content (AvgIpc) is 1.94. The van der Waals surface area contributed by atoms with E-state index in [4.69, 9.17) is 5.11 Å². The molecular formula is C7H6F6O2. The van der Waals surface area contributed by atoms with Crippen LogP contribution in [-0.4, -0.2) is 23.4 Å². The lowest BCUT2D eigenvalue weighted by molar-refractivity contribution is -0.153. The predicted octanol–water partition coefficient (Wildman–Crippen LogP) is 2.90. The molecule has 0 rings (SSSR count). The van der Waals surface area contributed by atoms with Crippen LogP contribution in [0.5, 0.6) is 0 Å². The summed E-state index contributed by atoms with van der Waals surface area (Å²) in [6.45, 7) is 0.483. The van der Waals surface area contributed by atoms with Gasteiger partial charge in [0.25, 0.3) is 0 Å². The van der Waals surface area contributed by atoms with Gasteiger partial charge in [-0.2, -0.15) is 26.3 Å². The summed E-state index contributed by atoms with van der Waals surface area (Å²) in [5, 5.41) is 8.19. The lowest BCUT2D eigenvalue weighted by atomic mass is 10.1. The minimum Gasteiger partial charge on any atom is -0.478 e. The van der Waals surface area contributed by atoms with Crippen molar-refractivity contribution in [2.24, 2.45) is 0 Å². The highest BCUT2D eigenvalue weighted by atomic mass is 19.4. The molecular weight excluding hydrogens is 230 g/mol. The first-order valence-electron chi connectivity index (χ1n) is 3.52. The van der Waals surface area contributed by atoms with Crippen molar-refractivity contribution in [3.63, 3.8) is 0 Å². The van der Waals surface area contributed by atoms with E-state index < -0.39 is 35.9 Å². The van der Waals surface area contributed by atoms with Gasteiger partial charge < -0.3 is 5.11 Å². The van der Waals surface area contributed by atoms with E-state index in [9.17, 15) is 31.1 Å². The van der Waals surface area contributed by atoms with Crippen LogP contribution in [0.15, 0.2) is 11.1 Å². The zero-order chi connectivity index (χ0) is 12.4. The van der Waals surface area contributed by atoms with Crippen LogP contribution in [0.4, 0.5) is 26.3 Å². The van der Waals surface area contributed by atoms with Crippen molar-refractivity contribution in [3.8, 4) is 0 Å². The van der Waals surface area contributed by atoms with Crippen LogP contribution in [0, 0.1) is 0 Å². The van der Waals surface area contributed by atoms with Crippen LogP contribution in [0.2, 0.25) is 0 Å². The normalized spacial score (nSPS) is 14.9. The fourth-order valence-electron chi connectivity index (χ4n) is 0.775. The SMILES string of the molecule is CC(C(=O)O)=C(CC(F)(F)F)C(F)(F)F. The van der Waals surface area contributed by atoms with E-state index in [1.54, 1.807) is 0 Å². The fraction of sp³-hybridized carbons (Fsp3) is 0.571. The van der Waals surface area contributed by atoms with Gasteiger partial charge in [-0.05, 0) is 6.92 Å². The third-order valence-corrected chi connectivity index (χ3v) is 1.49. The number of aliphatic carboxylic acids is 1. The Bertz CT molecular complexity index is 285. The van der Waals surface area contributed by atoms with E-state index in [2.05, 4.69) is 0 Å². The summed E-state index contributed by atoms with van der Waals surface area (Å²) in [6.07, 6.45) is -12.7. The molecule has 0 radical (unpaired) electrons. The largest absolute Gasteiger partial charge is 0.478 e. The molecule has 0 aromatic heterocycles. The number of halogens is 6. The topological polar surface area (TPSA) is 37.3 Å². The van der Waals surface area contributed by atoms with E-state index in [0.29, 0.717) is 6.92 Å². The molecule has 0 fully saturated rings. The monoisotopic (exact) mass is 236 g/mol. The summed E-state index contributed by atoms with van der Waals surface area (Å²) >= 11 is 0. The third-order valence-electron chi connectivity index (χ3n) is 1.49. The molecule has 0 unspecified atom stereocenters. The van der Waals surface area contributed by atoms with Crippen molar-refractivity contribution < 1.29 is 36.2 Å². The quantitative estimate of drug-likeness (QED) is 0.591. The molecule has 2 nitrogen and oxygen atoms in total. The number of allylic oxidation sites excluding steroid dienone is 1. The number of alkyl halides is 6. The van der Waals surface area contributed by atoms with Gasteiger partial charge >= 0.3 is 18.3 Å². The average molecular weight is 236 g/mol. The second-order valence-electron chi connectivity index (χ2n) is 2.70. The minimum atomic E-state index is -5.29. The zero-order valence-electron chi connectivity index (χ0n) is 7.33. The molecule has 15 heavy (non-hydrogen) atoms. The number of carboxylic acid groups (broad SMARTS) is 1. The minimum absolute atomic E-state index is 0.483. The summed E-state index contributed by atoms with van der Waals surface area (Å²) in [5.41, 5.74) is -3.43. The van der Waals surface area contributed by atoms with Crippen LogP contribution in [0.3, 0.4) is 0 Å². The zero-order valence-corrected chi connectivity index (χ0v) is 7.33. The summed E-state index contributed by atoms with van der Waals surface area (Å²) in [4.78, 5) is 10.1. The number of hydrogen-bond acceptors (Lipinski definition) is 1. The Balaban J connectivity index is 5.28. The van der Waals surface area contributed by atoms with Gasteiger partial charge in [0.2, 0.25) is 0 Å². The van der Waals surface area contributed by atoms with Crippen molar-refractivity contribution in [1.82, 2.24) is 0 Å². The Morgan fingerprint density at radius 3 is 1.73 bits per heavy atom. The second-order valence-corrected chi connectivity index (χ2v) is 2.70. The maximum Gasteiger partial charge on any atom is 0.413 e. The van der Waals surface area contributed by atoms with E-state index in [-0.39, 0.29) is 0 Å². The molecule has 0 heterocycles. The molecule has 88 valence electrons. The van der Waals surface area contributed by atoms with Gasteiger partial charge in [0.1, 0.15) is 0 Å². The maximum absolute atomic E-state index is 12.0. The molecule has 0 saturated heterocycles. The Morgan fingerprint density at radius 1 is 1.13 bits per heavy atom. The Kier molecular flexibility index (Phi) is 3.78. The molecule has 0 aliphatic heterocycles.